The molecule has 0 aliphatic carbocycles. The number of rotatable bonds is 34. The number of carbonyl (C=O) groups excluding carboxylic acids is 4. The summed E-state index contributed by atoms with van der Waals surface area (Å²) in [6.07, 6.45) is 6.58. The summed E-state index contributed by atoms with van der Waals surface area (Å²) in [5, 5.41) is 19.8. The zero-order valence-corrected chi connectivity index (χ0v) is 28.3. The minimum Gasteiger partial charge on any atom is -0.481 e. The number of hydrogen-bond donors (Lipinski definition) is 5. The van der Waals surface area contributed by atoms with Crippen LogP contribution in [0.5, 0.6) is 0 Å². The number of aliphatic carboxylic acids is 1. The Labute approximate surface area is 279 Å². The first-order valence-electron chi connectivity index (χ1n) is 16.9. The van der Waals surface area contributed by atoms with Gasteiger partial charge in [0.15, 0.2) is 0 Å². The van der Waals surface area contributed by atoms with E-state index >= 15 is 0 Å². The Morgan fingerprint density at radius 1 is 0.617 bits per heavy atom. The lowest BCUT2D eigenvalue weighted by molar-refractivity contribution is -0.138. The molecule has 0 saturated carbocycles. The maximum atomic E-state index is 12.9. The van der Waals surface area contributed by atoms with E-state index < -0.39 is 12.0 Å². The molecule has 0 rings (SSSR count). The number of carboxylic acid groups (broad SMARTS) is 1. The normalized spacial score (nSPS) is 11.4. The molecule has 0 unspecified atom stereocenters. The molecule has 0 spiro atoms. The fraction of sp³-hybridized carbons (Fsp3) is 0.812. The standard InChI is InChI=1S/C32H59N5O10/c1-3-4-11-28(38)34-16-8-5-10-27(37-30(40)13-9-17-35-29(39)12-6-7-15-33-2)32(43)36-18-20-45-22-24-47-26-25-46-23-21-44-19-14-31(41)42/h27H,2-26H2,1H3,(H,34,38)(H,35,39)(H,36,43)(H,37,40)(H,41,42)/t27-/m0/s1. The molecule has 0 aromatic rings. The van der Waals surface area contributed by atoms with E-state index in [1.54, 1.807) is 0 Å². The largest absolute Gasteiger partial charge is 0.481 e. The van der Waals surface area contributed by atoms with Crippen molar-refractivity contribution in [3.63, 3.8) is 0 Å². The van der Waals surface area contributed by atoms with Crippen LogP contribution in [0.1, 0.15) is 84.0 Å². The van der Waals surface area contributed by atoms with Crippen LogP contribution >= 0.6 is 0 Å². The minimum absolute atomic E-state index is 0.0193. The highest BCUT2D eigenvalue weighted by atomic mass is 16.6. The van der Waals surface area contributed by atoms with Gasteiger partial charge in [0, 0.05) is 45.4 Å². The van der Waals surface area contributed by atoms with Crippen LogP contribution in [0.2, 0.25) is 0 Å². The average Bonchev–Trinajstić information content (AvgIpc) is 3.04. The molecule has 0 aromatic carbocycles. The summed E-state index contributed by atoms with van der Waals surface area (Å²) in [6.45, 7) is 9.77. The zero-order valence-electron chi connectivity index (χ0n) is 28.3. The number of unbranched alkanes of at least 4 members (excludes halogenated alkanes) is 3. The van der Waals surface area contributed by atoms with E-state index in [0.717, 1.165) is 25.7 Å². The van der Waals surface area contributed by atoms with Gasteiger partial charge in [-0.15, -0.1) is 0 Å². The van der Waals surface area contributed by atoms with E-state index in [9.17, 15) is 24.0 Å². The van der Waals surface area contributed by atoms with Gasteiger partial charge in [-0.3, -0.25) is 24.0 Å². The number of nitrogens with one attached hydrogen (secondary N) is 4. The Bertz CT molecular complexity index is 862. The lowest BCUT2D eigenvalue weighted by Gasteiger charge is -2.19. The molecule has 47 heavy (non-hydrogen) atoms. The Morgan fingerprint density at radius 3 is 1.77 bits per heavy atom. The van der Waals surface area contributed by atoms with Crippen molar-refractivity contribution >= 4 is 36.3 Å². The van der Waals surface area contributed by atoms with E-state index in [0.29, 0.717) is 97.8 Å². The van der Waals surface area contributed by atoms with Crippen LogP contribution in [0.15, 0.2) is 4.99 Å². The first-order chi connectivity index (χ1) is 22.8. The summed E-state index contributed by atoms with van der Waals surface area (Å²) in [4.78, 5) is 63.4. The van der Waals surface area contributed by atoms with Crippen LogP contribution in [0, 0.1) is 0 Å². The summed E-state index contributed by atoms with van der Waals surface area (Å²) in [6, 6.07) is -0.725. The van der Waals surface area contributed by atoms with E-state index in [1.807, 2.05) is 6.92 Å². The van der Waals surface area contributed by atoms with Gasteiger partial charge >= 0.3 is 5.97 Å². The van der Waals surface area contributed by atoms with Gasteiger partial charge < -0.3 is 50.3 Å². The lowest BCUT2D eigenvalue weighted by atomic mass is 10.1. The highest BCUT2D eigenvalue weighted by Gasteiger charge is 2.20. The second kappa shape index (κ2) is 32.8. The highest BCUT2D eigenvalue weighted by molar-refractivity contribution is 5.87. The summed E-state index contributed by atoms with van der Waals surface area (Å²) in [5.74, 6) is -1.53. The van der Waals surface area contributed by atoms with Gasteiger partial charge in [-0.25, -0.2) is 0 Å². The zero-order chi connectivity index (χ0) is 34.8. The number of nitrogens with zero attached hydrogens (tertiary/aromatic N) is 1. The number of carboxylic acids is 1. The molecular weight excluding hydrogens is 614 g/mol. The molecule has 1 atom stereocenters. The van der Waals surface area contributed by atoms with Crippen molar-refractivity contribution in [1.82, 2.24) is 21.3 Å². The average molecular weight is 674 g/mol. The first kappa shape index (κ1) is 43.9. The Balaban J connectivity index is 4.28. The van der Waals surface area contributed by atoms with E-state index in [1.165, 1.54) is 0 Å². The van der Waals surface area contributed by atoms with Crippen LogP contribution in [-0.2, 0) is 42.9 Å². The molecule has 272 valence electrons. The van der Waals surface area contributed by atoms with Crippen molar-refractivity contribution in [2.24, 2.45) is 4.99 Å². The molecule has 0 aliphatic heterocycles. The van der Waals surface area contributed by atoms with Gasteiger partial charge in [0.25, 0.3) is 0 Å². The molecule has 5 N–H and O–H groups in total. The quantitative estimate of drug-likeness (QED) is 0.0490. The molecule has 0 saturated heterocycles. The second-order valence-corrected chi connectivity index (χ2v) is 10.8. The molecule has 4 amide bonds. The molecule has 0 aliphatic rings. The van der Waals surface area contributed by atoms with Crippen LogP contribution < -0.4 is 21.3 Å². The number of amides is 4. The monoisotopic (exact) mass is 673 g/mol. The van der Waals surface area contributed by atoms with Crippen molar-refractivity contribution in [2.75, 3.05) is 79.0 Å². The topological polar surface area (TPSA) is 203 Å². The third-order valence-electron chi connectivity index (χ3n) is 6.65. The Hall–Kier alpha value is -3.14. The van der Waals surface area contributed by atoms with Gasteiger partial charge in [-0.1, -0.05) is 13.3 Å². The van der Waals surface area contributed by atoms with Crippen molar-refractivity contribution in [3.8, 4) is 0 Å². The van der Waals surface area contributed by atoms with Crippen molar-refractivity contribution in [3.05, 3.63) is 0 Å². The fourth-order valence-electron chi connectivity index (χ4n) is 4.03. The van der Waals surface area contributed by atoms with Gasteiger partial charge in [-0.2, -0.15) is 0 Å². The van der Waals surface area contributed by atoms with E-state index in [-0.39, 0.29) is 56.2 Å². The first-order valence-corrected chi connectivity index (χ1v) is 16.9. The smallest absolute Gasteiger partial charge is 0.305 e. The summed E-state index contributed by atoms with van der Waals surface area (Å²) in [5.41, 5.74) is 0. The molecule has 15 nitrogen and oxygen atoms in total. The Kier molecular flexibility index (Phi) is 30.6. The SMILES string of the molecule is C=NCCCCC(=O)NCCCC(=O)N[C@@H](CCCCNC(=O)CCCC)C(=O)NCCOCCOCCOCCOCCC(=O)O. The molecule has 0 fully saturated rings. The lowest BCUT2D eigenvalue weighted by Crippen LogP contribution is -2.47. The number of carbonyl (C=O) groups is 5. The molecule has 0 aromatic heterocycles. The minimum atomic E-state index is -0.902. The third-order valence-corrected chi connectivity index (χ3v) is 6.65. The van der Waals surface area contributed by atoms with Crippen LogP contribution in [0.4, 0.5) is 0 Å². The summed E-state index contributed by atoms with van der Waals surface area (Å²) in [7, 11) is 0. The molecule has 0 bridgehead atoms. The maximum absolute atomic E-state index is 12.9. The summed E-state index contributed by atoms with van der Waals surface area (Å²) >= 11 is 0. The molecule has 0 radical (unpaired) electrons. The maximum Gasteiger partial charge on any atom is 0.305 e. The molecular formula is C32H59N5O10. The van der Waals surface area contributed by atoms with E-state index in [2.05, 4.69) is 33.0 Å². The third kappa shape index (κ3) is 31.2. The second-order valence-electron chi connectivity index (χ2n) is 10.8. The van der Waals surface area contributed by atoms with Crippen LogP contribution in [0.3, 0.4) is 0 Å². The predicted octanol–water partition coefficient (Wildman–Crippen LogP) is 1.37. The number of ether oxygens (including phenoxy) is 4. The Morgan fingerprint density at radius 2 is 1.17 bits per heavy atom. The van der Waals surface area contributed by atoms with Gasteiger partial charge in [0.1, 0.15) is 6.04 Å². The predicted molar refractivity (Wildman–Crippen MR) is 177 cm³/mol. The van der Waals surface area contributed by atoms with Crippen LogP contribution in [0.25, 0.3) is 0 Å². The molecule has 0 heterocycles. The van der Waals surface area contributed by atoms with Crippen molar-refractivity contribution < 1.29 is 48.0 Å². The van der Waals surface area contributed by atoms with E-state index in [4.69, 9.17) is 24.1 Å². The van der Waals surface area contributed by atoms with Crippen molar-refractivity contribution in [1.29, 1.82) is 0 Å². The van der Waals surface area contributed by atoms with Crippen molar-refractivity contribution in [2.45, 2.75) is 90.0 Å². The fourth-order valence-corrected chi connectivity index (χ4v) is 4.03. The van der Waals surface area contributed by atoms with Gasteiger partial charge in [0.05, 0.1) is 59.3 Å². The molecule has 15 heteroatoms. The van der Waals surface area contributed by atoms with Crippen LogP contribution in [-0.4, -0.2) is 126 Å². The van der Waals surface area contributed by atoms with Gasteiger partial charge in [-0.05, 0) is 51.7 Å². The number of aliphatic imine (C=N–C) groups is 1. The summed E-state index contributed by atoms with van der Waals surface area (Å²) < 4.78 is 21.4. The highest BCUT2D eigenvalue weighted by Crippen LogP contribution is 2.04. The number of hydrogen-bond acceptors (Lipinski definition) is 10. The van der Waals surface area contributed by atoms with Gasteiger partial charge in [0.2, 0.25) is 23.6 Å².